The van der Waals surface area contributed by atoms with Gasteiger partial charge in [-0.05, 0) is 49.2 Å². The maximum absolute atomic E-state index is 11.6. The van der Waals surface area contributed by atoms with Gasteiger partial charge in [0.1, 0.15) is 11.3 Å². The van der Waals surface area contributed by atoms with E-state index < -0.39 is 18.6 Å². The van der Waals surface area contributed by atoms with Gasteiger partial charge in [0.25, 0.3) is 0 Å². The first-order valence-corrected chi connectivity index (χ1v) is 8.71. The van der Waals surface area contributed by atoms with E-state index in [9.17, 15) is 15.0 Å². The third-order valence-corrected chi connectivity index (χ3v) is 5.10. The van der Waals surface area contributed by atoms with Gasteiger partial charge in [-0.25, -0.2) is 0 Å². The largest absolute Gasteiger partial charge is 0.508 e. The van der Waals surface area contributed by atoms with Gasteiger partial charge in [0, 0.05) is 12.6 Å². The number of phenols is 1. The summed E-state index contributed by atoms with van der Waals surface area (Å²) in [6, 6.07) is 7.20. The first-order chi connectivity index (χ1) is 11.8. The molecule has 0 radical (unpaired) electrons. The molecule has 1 aromatic rings. The Morgan fingerprint density at radius 3 is 2.44 bits per heavy atom. The minimum atomic E-state index is -1.35. The monoisotopic (exact) mass is 350 g/mol. The molecule has 8 heteroatoms. The highest BCUT2D eigenvalue weighted by atomic mass is 16.4. The Morgan fingerprint density at radius 1 is 1.24 bits per heavy atom. The van der Waals surface area contributed by atoms with Gasteiger partial charge in [0.05, 0.1) is 0 Å². The number of unbranched alkanes of at least 4 members (excludes halogenated alkanes) is 1. The second-order valence-electron chi connectivity index (χ2n) is 6.98. The molecular weight excluding hydrogens is 323 g/mol. The number of nitrogens with one attached hydrogen (secondary N) is 1. The van der Waals surface area contributed by atoms with Gasteiger partial charge in [-0.2, -0.15) is 0 Å². The lowest BCUT2D eigenvalue weighted by Crippen LogP contribution is -2.61. The average molecular weight is 350 g/mol. The summed E-state index contributed by atoms with van der Waals surface area (Å²) in [7, 11) is -1.35. The maximum atomic E-state index is 11.6. The predicted octanol–water partition coefficient (Wildman–Crippen LogP) is 0.686. The van der Waals surface area contributed by atoms with E-state index >= 15 is 0 Å². The average Bonchev–Trinajstić information content (AvgIpc) is 2.51. The SMILES string of the molecule is N[C@](CCCCB(O)O)(C(=O)O)[C@H]1C[C@H](NCc2ccc(O)cc2)C1. The number of phenolic OH excluding ortho intramolecular Hbond substituents is 1. The number of hydrogen-bond donors (Lipinski definition) is 6. The van der Waals surface area contributed by atoms with Crippen molar-refractivity contribution in [2.24, 2.45) is 11.7 Å². The van der Waals surface area contributed by atoms with Gasteiger partial charge in [0.15, 0.2) is 0 Å². The van der Waals surface area contributed by atoms with Crippen LogP contribution in [0.15, 0.2) is 24.3 Å². The number of carbonyl (C=O) groups is 1. The van der Waals surface area contributed by atoms with Gasteiger partial charge in [-0.1, -0.05) is 25.0 Å². The molecule has 0 unspecified atom stereocenters. The van der Waals surface area contributed by atoms with Crippen LogP contribution < -0.4 is 11.1 Å². The number of hydrogen-bond acceptors (Lipinski definition) is 6. The predicted molar refractivity (Wildman–Crippen MR) is 94.9 cm³/mol. The summed E-state index contributed by atoms with van der Waals surface area (Å²) >= 11 is 0. The molecule has 1 fully saturated rings. The van der Waals surface area contributed by atoms with Crippen molar-refractivity contribution >= 4 is 13.1 Å². The second-order valence-corrected chi connectivity index (χ2v) is 6.98. The summed E-state index contributed by atoms with van der Waals surface area (Å²) in [6.07, 6.45) is 3.09. The number of aromatic hydroxyl groups is 1. The van der Waals surface area contributed by atoms with E-state index in [0.717, 1.165) is 5.56 Å². The summed E-state index contributed by atoms with van der Waals surface area (Å²) < 4.78 is 0. The van der Waals surface area contributed by atoms with Crippen molar-refractivity contribution in [2.75, 3.05) is 0 Å². The van der Waals surface area contributed by atoms with Crippen LogP contribution in [0, 0.1) is 5.92 Å². The van der Waals surface area contributed by atoms with E-state index in [4.69, 9.17) is 15.8 Å². The van der Waals surface area contributed by atoms with Crippen LogP contribution in [-0.2, 0) is 11.3 Å². The Balaban J connectivity index is 1.76. The van der Waals surface area contributed by atoms with Crippen molar-refractivity contribution in [3.8, 4) is 5.75 Å². The van der Waals surface area contributed by atoms with E-state index in [1.807, 2.05) is 12.1 Å². The first-order valence-electron chi connectivity index (χ1n) is 8.71. The molecule has 25 heavy (non-hydrogen) atoms. The second kappa shape index (κ2) is 8.67. The molecular formula is C17H27BN2O5. The Bertz CT molecular complexity index is 563. The Hall–Kier alpha value is -1.61. The lowest BCUT2D eigenvalue weighted by Gasteiger charge is -2.45. The van der Waals surface area contributed by atoms with Crippen LogP contribution in [0.4, 0.5) is 0 Å². The summed E-state index contributed by atoms with van der Waals surface area (Å²) in [5.74, 6) is -0.837. The summed E-state index contributed by atoms with van der Waals surface area (Å²) in [5.41, 5.74) is 5.97. The standard InChI is InChI=1S/C17H27BN2O5/c19-17(16(22)23,7-1-2-8-18(24)25)13-9-14(10-13)20-11-12-3-5-15(21)6-4-12/h3-6,13-14,20-21,24-25H,1-2,7-11,19H2,(H,22,23)/t13-,14-,17-/m0/s1. The minimum Gasteiger partial charge on any atom is -0.508 e. The normalized spacial score (nSPS) is 22.0. The zero-order valence-corrected chi connectivity index (χ0v) is 14.3. The molecule has 7 nitrogen and oxygen atoms in total. The van der Waals surface area contributed by atoms with E-state index in [-0.39, 0.29) is 24.0 Å². The number of carboxylic acid groups (broad SMARTS) is 1. The highest BCUT2D eigenvalue weighted by Gasteiger charge is 2.47. The number of carboxylic acids is 1. The van der Waals surface area contributed by atoms with Crippen LogP contribution in [0.2, 0.25) is 6.32 Å². The Morgan fingerprint density at radius 2 is 1.88 bits per heavy atom. The van der Waals surface area contributed by atoms with E-state index in [2.05, 4.69) is 5.32 Å². The molecule has 2 rings (SSSR count). The number of rotatable bonds is 10. The summed E-state index contributed by atoms with van der Waals surface area (Å²) in [6.45, 7) is 0.663. The van der Waals surface area contributed by atoms with Crippen LogP contribution in [0.25, 0.3) is 0 Å². The third kappa shape index (κ3) is 5.44. The van der Waals surface area contributed by atoms with Crippen LogP contribution in [0.1, 0.15) is 37.7 Å². The van der Waals surface area contributed by atoms with Crippen molar-refractivity contribution < 1.29 is 25.1 Å². The van der Waals surface area contributed by atoms with Crippen molar-refractivity contribution in [3.05, 3.63) is 29.8 Å². The van der Waals surface area contributed by atoms with Crippen molar-refractivity contribution in [1.29, 1.82) is 0 Å². The maximum Gasteiger partial charge on any atom is 0.451 e. The quantitative estimate of drug-likeness (QED) is 0.270. The van der Waals surface area contributed by atoms with E-state index in [1.165, 1.54) is 0 Å². The van der Waals surface area contributed by atoms with Gasteiger partial charge in [0.2, 0.25) is 0 Å². The number of benzene rings is 1. The molecule has 0 bridgehead atoms. The molecule has 0 saturated heterocycles. The van der Waals surface area contributed by atoms with Crippen LogP contribution in [-0.4, -0.2) is 44.9 Å². The smallest absolute Gasteiger partial charge is 0.451 e. The third-order valence-electron chi connectivity index (χ3n) is 5.10. The highest BCUT2D eigenvalue weighted by Crippen LogP contribution is 2.38. The topological polar surface area (TPSA) is 136 Å². The zero-order valence-electron chi connectivity index (χ0n) is 14.3. The summed E-state index contributed by atoms with van der Waals surface area (Å²) in [4.78, 5) is 11.6. The molecule has 1 aliphatic rings. The molecule has 0 heterocycles. The van der Waals surface area contributed by atoms with E-state index in [1.54, 1.807) is 12.1 Å². The Kier molecular flexibility index (Phi) is 6.83. The van der Waals surface area contributed by atoms with Crippen LogP contribution >= 0.6 is 0 Å². The fraction of sp³-hybridized carbons (Fsp3) is 0.588. The fourth-order valence-electron chi connectivity index (χ4n) is 3.31. The van der Waals surface area contributed by atoms with Crippen LogP contribution in [0.5, 0.6) is 5.75 Å². The highest BCUT2D eigenvalue weighted by molar-refractivity contribution is 6.40. The molecule has 1 aromatic carbocycles. The molecule has 1 atom stereocenters. The molecule has 0 spiro atoms. The fourth-order valence-corrected chi connectivity index (χ4v) is 3.31. The van der Waals surface area contributed by atoms with Crippen LogP contribution in [0.3, 0.4) is 0 Å². The minimum absolute atomic E-state index is 0.0821. The molecule has 0 amide bonds. The van der Waals surface area contributed by atoms with Gasteiger partial charge in [-0.15, -0.1) is 0 Å². The molecule has 138 valence electrons. The van der Waals surface area contributed by atoms with Gasteiger partial charge >= 0.3 is 13.1 Å². The molecule has 0 aromatic heterocycles. The molecule has 1 saturated carbocycles. The molecule has 0 aliphatic heterocycles. The van der Waals surface area contributed by atoms with Crippen molar-refractivity contribution in [1.82, 2.24) is 5.32 Å². The molecule has 1 aliphatic carbocycles. The molecule has 7 N–H and O–H groups in total. The Labute approximate surface area is 148 Å². The van der Waals surface area contributed by atoms with Crippen molar-refractivity contribution in [2.45, 2.75) is 56.5 Å². The zero-order chi connectivity index (χ0) is 18.4. The van der Waals surface area contributed by atoms with Gasteiger partial charge in [-0.3, -0.25) is 4.79 Å². The number of aliphatic carboxylic acids is 1. The van der Waals surface area contributed by atoms with E-state index in [0.29, 0.717) is 38.6 Å². The van der Waals surface area contributed by atoms with Crippen molar-refractivity contribution in [3.63, 3.8) is 0 Å². The summed E-state index contributed by atoms with van der Waals surface area (Å²) in [5, 5.41) is 39.9. The number of nitrogens with two attached hydrogens (primary N) is 1. The van der Waals surface area contributed by atoms with Gasteiger partial charge < -0.3 is 31.3 Å². The lowest BCUT2D eigenvalue weighted by molar-refractivity contribution is -0.148. The first kappa shape index (κ1) is 19.7. The lowest BCUT2D eigenvalue weighted by atomic mass is 9.66.